The summed E-state index contributed by atoms with van der Waals surface area (Å²) in [6.45, 7) is 5.48. The summed E-state index contributed by atoms with van der Waals surface area (Å²) in [7, 11) is 0. The molecule has 2 aliphatic heterocycles. The van der Waals surface area contributed by atoms with E-state index in [1.807, 2.05) is 11.3 Å². The first kappa shape index (κ1) is 16.5. The van der Waals surface area contributed by atoms with Gasteiger partial charge in [-0.2, -0.15) is 0 Å². The van der Waals surface area contributed by atoms with Crippen LogP contribution in [0.1, 0.15) is 35.9 Å². The lowest BCUT2D eigenvalue weighted by atomic mass is 9.95. The van der Waals surface area contributed by atoms with Gasteiger partial charge in [-0.25, -0.2) is 9.97 Å². The zero-order chi connectivity index (χ0) is 17.2. The van der Waals surface area contributed by atoms with Gasteiger partial charge in [0, 0.05) is 42.8 Å². The highest BCUT2D eigenvalue weighted by atomic mass is 32.1. The van der Waals surface area contributed by atoms with Crippen molar-refractivity contribution in [3.8, 4) is 0 Å². The lowest BCUT2D eigenvalue weighted by Crippen LogP contribution is -2.46. The second kappa shape index (κ2) is 7.12. The van der Waals surface area contributed by atoms with Crippen molar-refractivity contribution in [2.75, 3.05) is 24.5 Å². The molecule has 0 aliphatic carbocycles. The molecule has 1 atom stereocenters. The first-order valence-electron chi connectivity index (χ1n) is 9.14. The minimum absolute atomic E-state index is 0.0778. The molecule has 0 radical (unpaired) electrons. The SMILES string of the molecule is CCc1cc(N2CCCC(C(=O)N3CCc4sccc4C3)C2)ncn1. The summed E-state index contributed by atoms with van der Waals surface area (Å²) in [5, 5.41) is 2.14. The highest BCUT2D eigenvalue weighted by molar-refractivity contribution is 7.10. The van der Waals surface area contributed by atoms with Gasteiger partial charge in [0.2, 0.25) is 5.91 Å². The maximum atomic E-state index is 13.1. The van der Waals surface area contributed by atoms with Crippen LogP contribution in [0, 0.1) is 5.92 Å². The van der Waals surface area contributed by atoms with Crippen LogP contribution in [0.5, 0.6) is 0 Å². The summed E-state index contributed by atoms with van der Waals surface area (Å²) in [5.41, 5.74) is 2.39. The first-order chi connectivity index (χ1) is 12.2. The fraction of sp³-hybridized carbons (Fsp3) is 0.526. The van der Waals surface area contributed by atoms with Crippen LogP contribution in [-0.2, 0) is 24.2 Å². The monoisotopic (exact) mass is 356 g/mol. The summed E-state index contributed by atoms with van der Waals surface area (Å²) in [6.07, 6.45) is 5.57. The number of carbonyl (C=O) groups is 1. The first-order valence-corrected chi connectivity index (χ1v) is 10.0. The van der Waals surface area contributed by atoms with E-state index < -0.39 is 0 Å². The normalized spacial score (nSPS) is 20.4. The molecule has 6 heteroatoms. The maximum Gasteiger partial charge on any atom is 0.227 e. The van der Waals surface area contributed by atoms with E-state index in [1.54, 1.807) is 6.33 Å². The fourth-order valence-corrected chi connectivity index (χ4v) is 4.72. The zero-order valence-electron chi connectivity index (χ0n) is 14.6. The Kier molecular flexibility index (Phi) is 4.70. The van der Waals surface area contributed by atoms with Crippen LogP contribution in [-0.4, -0.2) is 40.4 Å². The number of thiophene rings is 1. The van der Waals surface area contributed by atoms with Crippen LogP contribution >= 0.6 is 11.3 Å². The Hall–Kier alpha value is -1.95. The Balaban J connectivity index is 1.45. The van der Waals surface area contributed by atoms with Gasteiger partial charge in [-0.15, -0.1) is 11.3 Å². The summed E-state index contributed by atoms with van der Waals surface area (Å²) in [5.74, 6) is 1.35. The molecule has 4 heterocycles. The Morgan fingerprint density at radius 1 is 1.36 bits per heavy atom. The highest BCUT2D eigenvalue weighted by Gasteiger charge is 2.31. The molecule has 4 rings (SSSR count). The van der Waals surface area contributed by atoms with E-state index in [2.05, 4.69) is 44.2 Å². The number of aryl methyl sites for hydroxylation is 1. The van der Waals surface area contributed by atoms with Gasteiger partial charge >= 0.3 is 0 Å². The summed E-state index contributed by atoms with van der Waals surface area (Å²) < 4.78 is 0. The van der Waals surface area contributed by atoms with Gasteiger partial charge in [-0.05, 0) is 42.7 Å². The van der Waals surface area contributed by atoms with Gasteiger partial charge in [0.25, 0.3) is 0 Å². The Labute approximate surface area is 152 Å². The van der Waals surface area contributed by atoms with Gasteiger partial charge < -0.3 is 9.80 Å². The van der Waals surface area contributed by atoms with E-state index in [9.17, 15) is 4.79 Å². The molecule has 1 saturated heterocycles. The average molecular weight is 356 g/mol. The van der Waals surface area contributed by atoms with Crippen LogP contribution in [0.2, 0.25) is 0 Å². The molecule has 1 amide bonds. The average Bonchev–Trinajstić information content (AvgIpc) is 3.15. The maximum absolute atomic E-state index is 13.1. The third kappa shape index (κ3) is 3.40. The lowest BCUT2D eigenvalue weighted by molar-refractivity contribution is -0.136. The molecule has 1 unspecified atom stereocenters. The standard InChI is InChI=1S/C19H24N4OS/c1-2-16-10-18(21-13-20-16)22-7-3-4-15(12-22)19(24)23-8-5-17-14(11-23)6-9-25-17/h6,9-10,13,15H,2-5,7-8,11-12H2,1H3. The van der Waals surface area contributed by atoms with E-state index in [-0.39, 0.29) is 5.92 Å². The van der Waals surface area contributed by atoms with Crippen molar-refractivity contribution in [1.29, 1.82) is 0 Å². The van der Waals surface area contributed by atoms with Crippen LogP contribution < -0.4 is 4.90 Å². The van der Waals surface area contributed by atoms with Gasteiger partial charge in [0.15, 0.2) is 0 Å². The Morgan fingerprint density at radius 3 is 3.16 bits per heavy atom. The number of amides is 1. The molecule has 2 aromatic heterocycles. The Bertz CT molecular complexity index is 759. The van der Waals surface area contributed by atoms with E-state index in [1.165, 1.54) is 10.4 Å². The van der Waals surface area contributed by atoms with Crippen molar-refractivity contribution in [2.24, 2.45) is 5.92 Å². The van der Waals surface area contributed by atoms with Crippen molar-refractivity contribution in [3.05, 3.63) is 40.0 Å². The van der Waals surface area contributed by atoms with Crippen molar-refractivity contribution in [3.63, 3.8) is 0 Å². The predicted octanol–water partition coefficient (Wildman–Crippen LogP) is 2.90. The number of hydrogen-bond acceptors (Lipinski definition) is 5. The molecule has 132 valence electrons. The number of carbonyl (C=O) groups excluding carboxylic acids is 1. The van der Waals surface area contributed by atoms with E-state index >= 15 is 0 Å². The number of aromatic nitrogens is 2. The molecule has 0 spiro atoms. The third-order valence-electron chi connectivity index (χ3n) is 5.29. The van der Waals surface area contributed by atoms with Crippen molar-refractivity contribution in [1.82, 2.24) is 14.9 Å². The molecule has 2 aromatic rings. The van der Waals surface area contributed by atoms with Crippen LogP contribution in [0.15, 0.2) is 23.8 Å². The summed E-state index contributed by atoms with van der Waals surface area (Å²) >= 11 is 1.82. The molecule has 5 nitrogen and oxygen atoms in total. The number of rotatable bonds is 3. The highest BCUT2D eigenvalue weighted by Crippen LogP contribution is 2.28. The van der Waals surface area contributed by atoms with Crippen molar-refractivity contribution >= 4 is 23.1 Å². The zero-order valence-corrected chi connectivity index (χ0v) is 15.5. The molecule has 25 heavy (non-hydrogen) atoms. The molecular formula is C19H24N4OS. The second-order valence-corrected chi connectivity index (χ2v) is 7.89. The Morgan fingerprint density at radius 2 is 2.28 bits per heavy atom. The second-order valence-electron chi connectivity index (χ2n) is 6.89. The van der Waals surface area contributed by atoms with Crippen molar-refractivity contribution in [2.45, 2.75) is 39.2 Å². The molecule has 0 saturated carbocycles. The van der Waals surface area contributed by atoms with Crippen LogP contribution in [0.4, 0.5) is 5.82 Å². The lowest BCUT2D eigenvalue weighted by Gasteiger charge is -2.36. The van der Waals surface area contributed by atoms with Crippen molar-refractivity contribution < 1.29 is 4.79 Å². The minimum atomic E-state index is 0.0778. The van der Waals surface area contributed by atoms with Crippen LogP contribution in [0.3, 0.4) is 0 Å². The largest absolute Gasteiger partial charge is 0.356 e. The fourth-order valence-electron chi connectivity index (χ4n) is 3.83. The smallest absolute Gasteiger partial charge is 0.227 e. The summed E-state index contributed by atoms with van der Waals surface area (Å²) in [6, 6.07) is 4.23. The topological polar surface area (TPSA) is 49.3 Å². The number of hydrogen-bond donors (Lipinski definition) is 0. The number of anilines is 1. The van der Waals surface area contributed by atoms with Gasteiger partial charge in [-0.1, -0.05) is 6.92 Å². The van der Waals surface area contributed by atoms with E-state index in [4.69, 9.17) is 0 Å². The molecule has 0 bridgehead atoms. The summed E-state index contributed by atoms with van der Waals surface area (Å²) in [4.78, 5) is 27.5. The quantitative estimate of drug-likeness (QED) is 0.848. The molecular weight excluding hydrogens is 332 g/mol. The van der Waals surface area contributed by atoms with Gasteiger partial charge in [-0.3, -0.25) is 4.79 Å². The number of fused-ring (bicyclic) bond motifs is 1. The van der Waals surface area contributed by atoms with Gasteiger partial charge in [0.05, 0.1) is 5.92 Å². The van der Waals surface area contributed by atoms with E-state index in [0.29, 0.717) is 5.91 Å². The van der Waals surface area contributed by atoms with E-state index in [0.717, 1.165) is 63.4 Å². The minimum Gasteiger partial charge on any atom is -0.356 e. The molecule has 0 N–H and O–H groups in total. The third-order valence-corrected chi connectivity index (χ3v) is 6.31. The molecule has 1 fully saturated rings. The number of nitrogens with zero attached hydrogens (tertiary/aromatic N) is 4. The van der Waals surface area contributed by atoms with Crippen LogP contribution in [0.25, 0.3) is 0 Å². The molecule has 2 aliphatic rings. The van der Waals surface area contributed by atoms with Gasteiger partial charge in [0.1, 0.15) is 12.1 Å². The number of piperidine rings is 1. The predicted molar refractivity (Wildman–Crippen MR) is 99.8 cm³/mol. The molecule has 0 aromatic carbocycles.